The van der Waals surface area contributed by atoms with E-state index >= 15 is 0 Å². The molecule has 0 unspecified atom stereocenters. The molecule has 0 amide bonds. The Labute approximate surface area is 209 Å². The van der Waals surface area contributed by atoms with Gasteiger partial charge < -0.3 is 4.90 Å². The Bertz CT molecular complexity index is 1350. The van der Waals surface area contributed by atoms with E-state index in [0.29, 0.717) is 17.3 Å². The van der Waals surface area contributed by atoms with Crippen molar-refractivity contribution in [2.24, 2.45) is 5.41 Å². The maximum atomic E-state index is 9.64. The van der Waals surface area contributed by atoms with Crippen LogP contribution >= 0.6 is 11.6 Å². The Morgan fingerprint density at radius 1 is 1.06 bits per heavy atom. The normalized spacial score (nSPS) is 19.2. The minimum Gasteiger partial charge on any atom is -0.357 e. The van der Waals surface area contributed by atoms with Crippen molar-refractivity contribution in [1.82, 2.24) is 24.6 Å². The maximum Gasteiger partial charge on any atom is 0.151 e. The Morgan fingerprint density at radius 3 is 2.63 bits per heavy atom. The van der Waals surface area contributed by atoms with Gasteiger partial charge in [0.15, 0.2) is 5.82 Å². The fraction of sp³-hybridized carbons (Fsp3) is 0.423. The van der Waals surface area contributed by atoms with Crippen molar-refractivity contribution in [3.05, 3.63) is 64.3 Å². The summed E-state index contributed by atoms with van der Waals surface area (Å²) in [4.78, 5) is 9.02. The monoisotopic (exact) mass is 484 g/mol. The predicted molar refractivity (Wildman–Crippen MR) is 131 cm³/mol. The van der Waals surface area contributed by atoms with Crippen LogP contribution in [-0.2, 0) is 13.1 Å². The van der Waals surface area contributed by atoms with Crippen molar-refractivity contribution in [2.45, 2.75) is 44.7 Å². The van der Waals surface area contributed by atoms with E-state index in [4.69, 9.17) is 11.6 Å². The lowest BCUT2D eigenvalue weighted by atomic mass is 9.95. The summed E-state index contributed by atoms with van der Waals surface area (Å²) in [5.41, 5.74) is 2.44. The van der Waals surface area contributed by atoms with Crippen LogP contribution in [0.2, 0.25) is 5.02 Å². The van der Waals surface area contributed by atoms with E-state index in [1.54, 1.807) is 6.07 Å². The second-order valence-corrected chi connectivity index (χ2v) is 10.3. The third kappa shape index (κ3) is 4.14. The number of hydrogen-bond acceptors (Lipinski definition) is 7. The van der Waals surface area contributed by atoms with E-state index in [1.807, 2.05) is 24.3 Å². The molecule has 0 spiro atoms. The molecule has 176 valence electrons. The molecule has 1 saturated carbocycles. The Morgan fingerprint density at radius 2 is 1.89 bits per heavy atom. The van der Waals surface area contributed by atoms with Gasteiger partial charge in [-0.15, -0.1) is 10.2 Å². The highest BCUT2D eigenvalue weighted by atomic mass is 35.5. The zero-order chi connectivity index (χ0) is 24.0. The number of hydrogen-bond donors (Lipinski definition) is 0. The quantitative estimate of drug-likeness (QED) is 0.547. The third-order valence-electron chi connectivity index (χ3n) is 7.45. The number of pyridine rings is 1. The second-order valence-electron chi connectivity index (χ2n) is 9.87. The van der Waals surface area contributed by atoms with Crippen LogP contribution in [0.3, 0.4) is 0 Å². The van der Waals surface area contributed by atoms with Gasteiger partial charge in [-0.25, -0.2) is 4.98 Å². The Kier molecular flexibility index (Phi) is 5.44. The van der Waals surface area contributed by atoms with Crippen LogP contribution in [0.4, 0.5) is 5.82 Å². The second kappa shape index (κ2) is 8.64. The van der Waals surface area contributed by atoms with Crippen molar-refractivity contribution in [2.75, 3.05) is 24.5 Å². The van der Waals surface area contributed by atoms with Gasteiger partial charge in [-0.1, -0.05) is 17.7 Å². The number of anilines is 1. The summed E-state index contributed by atoms with van der Waals surface area (Å²) in [5.74, 6) is 3.03. The van der Waals surface area contributed by atoms with Gasteiger partial charge >= 0.3 is 0 Å². The number of rotatable bonds is 4. The van der Waals surface area contributed by atoms with Gasteiger partial charge in [-0.3, -0.25) is 9.47 Å². The zero-order valence-electron chi connectivity index (χ0n) is 19.4. The van der Waals surface area contributed by atoms with Gasteiger partial charge in [0.1, 0.15) is 23.4 Å². The summed E-state index contributed by atoms with van der Waals surface area (Å²) < 4.78 is 2.23. The lowest BCUT2D eigenvalue weighted by molar-refractivity contribution is 0.223. The van der Waals surface area contributed by atoms with Crippen LogP contribution in [0, 0.1) is 28.1 Å². The molecule has 0 atom stereocenters. The predicted octanol–water partition coefficient (Wildman–Crippen LogP) is 4.19. The van der Waals surface area contributed by atoms with Gasteiger partial charge in [-0.2, -0.15) is 10.5 Å². The fourth-order valence-corrected chi connectivity index (χ4v) is 5.57. The molecule has 3 aliphatic rings. The first kappa shape index (κ1) is 22.0. The zero-order valence-corrected chi connectivity index (χ0v) is 20.1. The van der Waals surface area contributed by atoms with E-state index in [0.717, 1.165) is 80.6 Å². The molecule has 35 heavy (non-hydrogen) atoms. The van der Waals surface area contributed by atoms with E-state index in [1.165, 1.54) is 0 Å². The summed E-state index contributed by atoms with van der Waals surface area (Å²) in [6, 6.07) is 16.3. The molecule has 3 aromatic rings. The molecule has 1 aliphatic carbocycles. The minimum atomic E-state index is -0.222. The van der Waals surface area contributed by atoms with Crippen LogP contribution in [0.1, 0.15) is 54.5 Å². The first-order valence-corrected chi connectivity index (χ1v) is 12.4. The molecule has 2 fully saturated rings. The summed E-state index contributed by atoms with van der Waals surface area (Å²) >= 11 is 6.39. The van der Waals surface area contributed by atoms with Crippen molar-refractivity contribution in [3.63, 3.8) is 0 Å². The number of nitrogens with zero attached hydrogens (tertiary/aromatic N) is 8. The van der Waals surface area contributed by atoms with Crippen LogP contribution in [0.5, 0.6) is 0 Å². The molecule has 4 heterocycles. The molecule has 1 saturated heterocycles. The van der Waals surface area contributed by atoms with Crippen molar-refractivity contribution in [1.29, 1.82) is 10.5 Å². The highest BCUT2D eigenvalue weighted by Gasteiger charge is 2.45. The van der Waals surface area contributed by atoms with Crippen molar-refractivity contribution in [3.8, 4) is 17.8 Å². The molecule has 2 aromatic heterocycles. The number of halogens is 1. The van der Waals surface area contributed by atoms with Crippen LogP contribution in [0.15, 0.2) is 36.4 Å². The van der Waals surface area contributed by atoms with E-state index in [-0.39, 0.29) is 11.3 Å². The standard InChI is InChI=1S/C26H25ClN8/c27-20-4-5-22-19(12-20)14-33(17-26(16-29)8-9-26)15-24-31-32-25(35(22)24)18-6-10-34(11-7-18)23-3-1-2-21(13-28)30-23/h1-5,12,18H,6-11,14-15,17H2. The molecule has 0 N–H and O–H groups in total. The molecule has 2 aliphatic heterocycles. The average Bonchev–Trinajstić information content (AvgIpc) is 3.58. The van der Waals surface area contributed by atoms with Gasteiger partial charge in [0, 0.05) is 37.1 Å². The van der Waals surface area contributed by atoms with Crippen molar-refractivity contribution < 1.29 is 0 Å². The van der Waals surface area contributed by atoms with Gasteiger partial charge in [0.25, 0.3) is 0 Å². The largest absolute Gasteiger partial charge is 0.357 e. The summed E-state index contributed by atoms with van der Waals surface area (Å²) in [5, 5.41) is 28.9. The smallest absolute Gasteiger partial charge is 0.151 e. The first-order valence-electron chi connectivity index (χ1n) is 12.1. The minimum absolute atomic E-state index is 0.222. The van der Waals surface area contributed by atoms with E-state index in [9.17, 15) is 10.5 Å². The number of fused-ring (bicyclic) bond motifs is 3. The summed E-state index contributed by atoms with van der Waals surface area (Å²) in [6.07, 6.45) is 3.79. The molecular weight excluding hydrogens is 460 g/mol. The number of benzene rings is 1. The lowest BCUT2D eigenvalue weighted by Gasteiger charge is -2.32. The Balaban J connectivity index is 1.28. The van der Waals surface area contributed by atoms with Crippen molar-refractivity contribution >= 4 is 17.4 Å². The average molecular weight is 485 g/mol. The van der Waals surface area contributed by atoms with Crippen LogP contribution < -0.4 is 4.90 Å². The molecule has 1 aromatic carbocycles. The molecule has 0 bridgehead atoms. The van der Waals surface area contributed by atoms with Gasteiger partial charge in [0.05, 0.1) is 23.7 Å². The van der Waals surface area contributed by atoms with E-state index < -0.39 is 0 Å². The highest BCUT2D eigenvalue weighted by molar-refractivity contribution is 6.30. The first-order chi connectivity index (χ1) is 17.1. The molecule has 6 rings (SSSR count). The topological polar surface area (TPSA) is 97.7 Å². The Hall–Kier alpha value is -3.46. The molecule has 0 radical (unpaired) electrons. The highest BCUT2D eigenvalue weighted by Crippen LogP contribution is 2.46. The maximum absolute atomic E-state index is 9.64. The van der Waals surface area contributed by atoms with Gasteiger partial charge in [-0.05, 0) is 61.6 Å². The molecule has 9 heteroatoms. The fourth-order valence-electron chi connectivity index (χ4n) is 5.38. The van der Waals surface area contributed by atoms with Crippen LogP contribution in [0.25, 0.3) is 5.69 Å². The summed E-state index contributed by atoms with van der Waals surface area (Å²) in [7, 11) is 0. The number of nitriles is 2. The SMILES string of the molecule is N#Cc1cccc(N2CCC(c3nnc4n3-c3ccc(Cl)cc3CN(CC3(C#N)CC3)C4)CC2)n1. The van der Waals surface area contributed by atoms with E-state index in [2.05, 4.69) is 47.8 Å². The molecular formula is C26H25ClN8. The summed E-state index contributed by atoms with van der Waals surface area (Å²) in [6.45, 7) is 3.83. The van der Waals surface area contributed by atoms with Gasteiger partial charge in [0.2, 0.25) is 0 Å². The lowest BCUT2D eigenvalue weighted by Crippen LogP contribution is -2.34. The van der Waals surface area contributed by atoms with Crippen LogP contribution in [-0.4, -0.2) is 44.3 Å². The molecule has 8 nitrogen and oxygen atoms in total. The number of aromatic nitrogens is 4. The third-order valence-corrected chi connectivity index (χ3v) is 7.68. The number of piperidine rings is 1.